The number of carbonyl (C=O) groups excluding carboxylic acids is 1. The molecule has 0 bridgehead atoms. The number of carboxylic acid groups (broad SMARTS) is 1. The van der Waals surface area contributed by atoms with Gasteiger partial charge in [-0.05, 0) is 6.92 Å². The SMILES string of the molecule is CC(CC(=O)O)NC(=O)NCc1cncs1. The van der Waals surface area contributed by atoms with Gasteiger partial charge in [0.05, 0.1) is 18.5 Å². The van der Waals surface area contributed by atoms with Crippen molar-refractivity contribution in [3.8, 4) is 0 Å². The van der Waals surface area contributed by atoms with Gasteiger partial charge in [-0.3, -0.25) is 9.78 Å². The molecule has 0 fully saturated rings. The summed E-state index contributed by atoms with van der Waals surface area (Å²) in [6.07, 6.45) is 1.58. The normalized spacial score (nSPS) is 11.8. The van der Waals surface area contributed by atoms with E-state index in [1.54, 1.807) is 18.6 Å². The molecule has 1 aromatic rings. The predicted molar refractivity (Wildman–Crippen MR) is 59.2 cm³/mol. The highest BCUT2D eigenvalue weighted by molar-refractivity contribution is 7.09. The maximum Gasteiger partial charge on any atom is 0.315 e. The van der Waals surface area contributed by atoms with E-state index in [0.29, 0.717) is 6.54 Å². The molecule has 0 aliphatic heterocycles. The largest absolute Gasteiger partial charge is 0.481 e. The molecule has 16 heavy (non-hydrogen) atoms. The number of nitrogens with one attached hydrogen (secondary N) is 2. The number of amides is 2. The minimum absolute atomic E-state index is 0.0893. The highest BCUT2D eigenvalue weighted by atomic mass is 32.1. The summed E-state index contributed by atoms with van der Waals surface area (Å²) < 4.78 is 0. The first-order chi connectivity index (χ1) is 7.58. The van der Waals surface area contributed by atoms with Gasteiger partial charge in [-0.25, -0.2) is 4.79 Å². The van der Waals surface area contributed by atoms with E-state index in [-0.39, 0.29) is 18.5 Å². The van der Waals surface area contributed by atoms with Gasteiger partial charge in [-0.1, -0.05) is 0 Å². The van der Waals surface area contributed by atoms with Gasteiger partial charge >= 0.3 is 12.0 Å². The lowest BCUT2D eigenvalue weighted by atomic mass is 10.2. The first-order valence-corrected chi connectivity index (χ1v) is 5.59. The second-order valence-corrected chi connectivity index (χ2v) is 4.26. The van der Waals surface area contributed by atoms with Crippen molar-refractivity contribution in [3.05, 3.63) is 16.6 Å². The van der Waals surface area contributed by atoms with E-state index in [4.69, 9.17) is 5.11 Å². The van der Waals surface area contributed by atoms with E-state index in [0.717, 1.165) is 4.88 Å². The van der Waals surface area contributed by atoms with E-state index in [1.165, 1.54) is 11.3 Å². The van der Waals surface area contributed by atoms with Gasteiger partial charge in [0.15, 0.2) is 0 Å². The Kier molecular flexibility index (Phi) is 4.71. The summed E-state index contributed by atoms with van der Waals surface area (Å²) in [7, 11) is 0. The molecule has 0 aromatic carbocycles. The van der Waals surface area contributed by atoms with E-state index in [1.807, 2.05) is 0 Å². The molecule has 1 aromatic heterocycles. The summed E-state index contributed by atoms with van der Waals surface area (Å²) in [5.41, 5.74) is 1.68. The molecule has 88 valence electrons. The number of aliphatic carboxylic acids is 1. The molecule has 1 atom stereocenters. The van der Waals surface area contributed by atoms with Gasteiger partial charge in [0.1, 0.15) is 0 Å². The molecule has 0 saturated carbocycles. The van der Waals surface area contributed by atoms with Crippen LogP contribution in [0.15, 0.2) is 11.7 Å². The average Bonchev–Trinajstić information content (AvgIpc) is 2.65. The zero-order valence-corrected chi connectivity index (χ0v) is 9.58. The molecule has 7 heteroatoms. The number of thiazole rings is 1. The predicted octanol–water partition coefficient (Wildman–Crippen LogP) is 0.805. The smallest absolute Gasteiger partial charge is 0.315 e. The standard InChI is InChI=1S/C9H13N3O3S/c1-6(2-8(13)14)12-9(15)11-4-7-3-10-5-16-7/h3,5-6H,2,4H2,1H3,(H,13,14)(H2,11,12,15). The van der Waals surface area contributed by atoms with Crippen LogP contribution >= 0.6 is 11.3 Å². The Morgan fingerprint density at radius 2 is 2.38 bits per heavy atom. The van der Waals surface area contributed by atoms with Gasteiger partial charge in [-0.15, -0.1) is 11.3 Å². The van der Waals surface area contributed by atoms with E-state index in [9.17, 15) is 9.59 Å². The third-order valence-electron chi connectivity index (χ3n) is 1.76. The molecule has 3 N–H and O–H groups in total. The van der Waals surface area contributed by atoms with Gasteiger partial charge in [-0.2, -0.15) is 0 Å². The van der Waals surface area contributed by atoms with Crippen LogP contribution in [0.25, 0.3) is 0 Å². The molecular weight excluding hydrogens is 230 g/mol. The number of hydrogen-bond acceptors (Lipinski definition) is 4. The quantitative estimate of drug-likeness (QED) is 0.713. The fraction of sp³-hybridized carbons (Fsp3) is 0.444. The van der Waals surface area contributed by atoms with Crippen LogP contribution in [0.3, 0.4) is 0 Å². The fourth-order valence-electron chi connectivity index (χ4n) is 1.08. The number of rotatable bonds is 5. The lowest BCUT2D eigenvalue weighted by Crippen LogP contribution is -2.41. The van der Waals surface area contributed by atoms with Gasteiger partial charge in [0.2, 0.25) is 0 Å². The van der Waals surface area contributed by atoms with E-state index >= 15 is 0 Å². The van der Waals surface area contributed by atoms with Crippen molar-refractivity contribution in [2.75, 3.05) is 0 Å². The Morgan fingerprint density at radius 3 is 2.94 bits per heavy atom. The average molecular weight is 243 g/mol. The number of aromatic nitrogens is 1. The topological polar surface area (TPSA) is 91.3 Å². The molecule has 0 radical (unpaired) electrons. The van der Waals surface area contributed by atoms with E-state index < -0.39 is 5.97 Å². The van der Waals surface area contributed by atoms with Gasteiger partial charge < -0.3 is 15.7 Å². The van der Waals surface area contributed by atoms with Crippen molar-refractivity contribution in [1.29, 1.82) is 0 Å². The zero-order valence-electron chi connectivity index (χ0n) is 8.77. The number of urea groups is 1. The van der Waals surface area contributed by atoms with Crippen LogP contribution in [0.4, 0.5) is 4.79 Å². The third kappa shape index (κ3) is 4.74. The van der Waals surface area contributed by atoms with Crippen LogP contribution in [-0.2, 0) is 11.3 Å². The van der Waals surface area contributed by atoms with Crippen molar-refractivity contribution in [1.82, 2.24) is 15.6 Å². The highest BCUT2D eigenvalue weighted by Gasteiger charge is 2.10. The van der Waals surface area contributed by atoms with Gasteiger partial charge in [0.25, 0.3) is 0 Å². The summed E-state index contributed by atoms with van der Waals surface area (Å²) in [6, 6.07) is -0.763. The van der Waals surface area contributed by atoms with Crippen molar-refractivity contribution >= 4 is 23.3 Å². The molecule has 6 nitrogen and oxygen atoms in total. The Bertz CT molecular complexity index is 353. The minimum atomic E-state index is -0.935. The third-order valence-corrected chi connectivity index (χ3v) is 2.54. The monoisotopic (exact) mass is 243 g/mol. The second kappa shape index (κ2) is 6.06. The Labute approximate surface area is 96.7 Å². The minimum Gasteiger partial charge on any atom is -0.481 e. The molecule has 1 unspecified atom stereocenters. The Balaban J connectivity index is 2.23. The summed E-state index contributed by atoms with van der Waals surface area (Å²) in [5, 5.41) is 13.6. The van der Waals surface area contributed by atoms with Crippen molar-refractivity contribution in [2.45, 2.75) is 25.9 Å². The summed E-state index contributed by atoms with van der Waals surface area (Å²) in [5.74, 6) is -0.935. The van der Waals surface area contributed by atoms with Crippen LogP contribution in [0.1, 0.15) is 18.2 Å². The maximum atomic E-state index is 11.3. The lowest BCUT2D eigenvalue weighted by molar-refractivity contribution is -0.137. The number of nitrogens with zero attached hydrogens (tertiary/aromatic N) is 1. The first kappa shape index (κ1) is 12.4. The number of carboxylic acids is 1. The van der Waals surface area contributed by atoms with Crippen LogP contribution < -0.4 is 10.6 Å². The van der Waals surface area contributed by atoms with Crippen LogP contribution in [0, 0.1) is 0 Å². The Morgan fingerprint density at radius 1 is 1.62 bits per heavy atom. The fourth-order valence-corrected chi connectivity index (χ4v) is 1.62. The lowest BCUT2D eigenvalue weighted by Gasteiger charge is -2.11. The molecule has 1 rings (SSSR count). The second-order valence-electron chi connectivity index (χ2n) is 3.29. The molecule has 0 spiro atoms. The molecule has 2 amide bonds. The first-order valence-electron chi connectivity index (χ1n) is 4.71. The summed E-state index contributed by atoms with van der Waals surface area (Å²) >= 11 is 1.45. The maximum absolute atomic E-state index is 11.3. The van der Waals surface area contributed by atoms with Crippen molar-refractivity contribution in [2.24, 2.45) is 0 Å². The highest BCUT2D eigenvalue weighted by Crippen LogP contribution is 2.03. The molecule has 1 heterocycles. The van der Waals surface area contributed by atoms with Crippen molar-refractivity contribution in [3.63, 3.8) is 0 Å². The Hall–Kier alpha value is -1.63. The van der Waals surface area contributed by atoms with Crippen LogP contribution in [0.2, 0.25) is 0 Å². The summed E-state index contributed by atoms with van der Waals surface area (Å²) in [6.45, 7) is 2.04. The molecular formula is C9H13N3O3S. The number of hydrogen-bond donors (Lipinski definition) is 3. The van der Waals surface area contributed by atoms with Gasteiger partial charge in [0, 0.05) is 17.1 Å². The number of carbonyl (C=O) groups is 2. The van der Waals surface area contributed by atoms with E-state index in [2.05, 4.69) is 15.6 Å². The van der Waals surface area contributed by atoms with Crippen LogP contribution in [-0.4, -0.2) is 28.1 Å². The molecule has 0 aliphatic carbocycles. The molecule has 0 aliphatic rings. The van der Waals surface area contributed by atoms with Crippen LogP contribution in [0.5, 0.6) is 0 Å². The zero-order chi connectivity index (χ0) is 12.0. The summed E-state index contributed by atoms with van der Waals surface area (Å²) in [4.78, 5) is 26.5. The molecule has 0 saturated heterocycles. The van der Waals surface area contributed by atoms with Crippen molar-refractivity contribution < 1.29 is 14.7 Å².